The summed E-state index contributed by atoms with van der Waals surface area (Å²) in [6.07, 6.45) is 1.09. The molecule has 3 N–H and O–H groups in total. The molecular formula is C19H35IN4O. The minimum absolute atomic E-state index is 0. The molecule has 0 aliphatic carbocycles. The molecule has 0 aliphatic rings. The van der Waals surface area contributed by atoms with Crippen molar-refractivity contribution < 1.29 is 4.74 Å². The van der Waals surface area contributed by atoms with Crippen molar-refractivity contribution in [3.05, 3.63) is 29.8 Å². The van der Waals surface area contributed by atoms with Crippen LogP contribution >= 0.6 is 24.0 Å². The van der Waals surface area contributed by atoms with Crippen molar-refractivity contribution in [2.75, 3.05) is 32.8 Å². The van der Waals surface area contributed by atoms with E-state index in [0.29, 0.717) is 25.0 Å². The van der Waals surface area contributed by atoms with Crippen LogP contribution in [0.2, 0.25) is 0 Å². The Balaban J connectivity index is 0.00000576. The van der Waals surface area contributed by atoms with Crippen molar-refractivity contribution >= 4 is 29.9 Å². The van der Waals surface area contributed by atoms with Crippen LogP contribution in [0.4, 0.5) is 0 Å². The normalized spacial score (nSPS) is 11.5. The molecular weight excluding hydrogens is 427 g/mol. The van der Waals surface area contributed by atoms with Crippen molar-refractivity contribution in [3.63, 3.8) is 0 Å². The van der Waals surface area contributed by atoms with Crippen LogP contribution in [0.25, 0.3) is 0 Å². The number of benzene rings is 1. The van der Waals surface area contributed by atoms with Gasteiger partial charge >= 0.3 is 0 Å². The maximum atomic E-state index is 5.87. The predicted molar refractivity (Wildman–Crippen MR) is 118 cm³/mol. The molecule has 0 saturated heterocycles. The van der Waals surface area contributed by atoms with Gasteiger partial charge in [0.15, 0.2) is 5.96 Å². The highest BCUT2D eigenvalue weighted by Crippen LogP contribution is 2.12. The number of likely N-dealkylation sites (N-methyl/N-ethyl adjacent to an activating group) is 1. The Morgan fingerprint density at radius 3 is 2.40 bits per heavy atom. The first-order chi connectivity index (χ1) is 11.5. The van der Waals surface area contributed by atoms with Gasteiger partial charge in [0.25, 0.3) is 0 Å². The average molecular weight is 462 g/mol. The number of aliphatic imine (C=N–C) groups is 1. The Kier molecular flexibility index (Phi) is 13.6. The van der Waals surface area contributed by atoms with Gasteiger partial charge in [0.05, 0.1) is 6.54 Å². The van der Waals surface area contributed by atoms with E-state index in [1.165, 1.54) is 0 Å². The first-order valence-electron chi connectivity index (χ1n) is 9.03. The summed E-state index contributed by atoms with van der Waals surface area (Å²) in [5.41, 5.74) is 6.99. The van der Waals surface area contributed by atoms with E-state index < -0.39 is 0 Å². The highest BCUT2D eigenvalue weighted by atomic mass is 127. The molecule has 0 amide bonds. The van der Waals surface area contributed by atoms with Gasteiger partial charge in [-0.05, 0) is 43.1 Å². The largest absolute Gasteiger partial charge is 0.492 e. The molecule has 1 rings (SSSR count). The molecule has 1 aromatic rings. The maximum Gasteiger partial charge on any atom is 0.188 e. The van der Waals surface area contributed by atoms with E-state index in [0.717, 1.165) is 43.9 Å². The summed E-state index contributed by atoms with van der Waals surface area (Å²) in [4.78, 5) is 6.71. The van der Waals surface area contributed by atoms with E-state index >= 15 is 0 Å². The van der Waals surface area contributed by atoms with Gasteiger partial charge in [-0.2, -0.15) is 0 Å². The molecule has 0 fully saturated rings. The summed E-state index contributed by atoms with van der Waals surface area (Å²) in [5.74, 6) is 2.08. The first-order valence-corrected chi connectivity index (χ1v) is 9.03. The number of nitrogens with two attached hydrogens (primary N) is 1. The molecule has 6 heteroatoms. The summed E-state index contributed by atoms with van der Waals surface area (Å²) < 4.78 is 5.78. The monoisotopic (exact) mass is 462 g/mol. The number of hydrogen-bond donors (Lipinski definition) is 2. The Bertz CT molecular complexity index is 473. The molecule has 144 valence electrons. The van der Waals surface area contributed by atoms with Crippen LogP contribution in [0.5, 0.6) is 5.75 Å². The summed E-state index contributed by atoms with van der Waals surface area (Å²) >= 11 is 0. The van der Waals surface area contributed by atoms with Crippen molar-refractivity contribution in [1.82, 2.24) is 10.2 Å². The fraction of sp³-hybridized carbons (Fsp3) is 0.632. The van der Waals surface area contributed by atoms with Gasteiger partial charge in [-0.25, -0.2) is 4.99 Å². The molecule has 0 atom stereocenters. The standard InChI is InChI=1S/C19H34N4O.HI/c1-5-23(6-2)13-14-24-18-9-7-17(8-10-18)15-22-19(20)21-12-11-16(3)4;/h7-10,16H,5-6,11-15H2,1-4H3,(H3,20,21,22);1H. The predicted octanol–water partition coefficient (Wildman–Crippen LogP) is 3.48. The number of nitrogens with one attached hydrogen (secondary N) is 1. The van der Waals surface area contributed by atoms with Crippen LogP contribution < -0.4 is 15.8 Å². The number of halogens is 1. The fourth-order valence-electron chi connectivity index (χ4n) is 2.24. The van der Waals surface area contributed by atoms with Gasteiger partial charge in [-0.15, -0.1) is 24.0 Å². The van der Waals surface area contributed by atoms with E-state index in [4.69, 9.17) is 10.5 Å². The fourth-order valence-corrected chi connectivity index (χ4v) is 2.24. The quantitative estimate of drug-likeness (QED) is 0.300. The molecule has 0 aromatic heterocycles. The van der Waals surface area contributed by atoms with Gasteiger partial charge in [0, 0.05) is 13.1 Å². The molecule has 0 unspecified atom stereocenters. The molecule has 0 heterocycles. The molecule has 0 saturated carbocycles. The second-order valence-corrected chi connectivity index (χ2v) is 6.33. The second kappa shape index (κ2) is 14.2. The molecule has 25 heavy (non-hydrogen) atoms. The third-order valence-corrected chi connectivity index (χ3v) is 3.95. The van der Waals surface area contributed by atoms with Crippen molar-refractivity contribution in [2.24, 2.45) is 16.6 Å². The van der Waals surface area contributed by atoms with Gasteiger partial charge in [0.2, 0.25) is 0 Å². The summed E-state index contributed by atoms with van der Waals surface area (Å²) in [6.45, 7) is 14.0. The lowest BCUT2D eigenvalue weighted by atomic mass is 10.1. The summed E-state index contributed by atoms with van der Waals surface area (Å²) in [6, 6.07) is 8.07. The lowest BCUT2D eigenvalue weighted by Crippen LogP contribution is -2.32. The van der Waals surface area contributed by atoms with Crippen LogP contribution in [0.15, 0.2) is 29.3 Å². The lowest BCUT2D eigenvalue weighted by Gasteiger charge is -2.18. The summed E-state index contributed by atoms with van der Waals surface area (Å²) in [5, 5.41) is 3.14. The molecule has 0 radical (unpaired) electrons. The van der Waals surface area contributed by atoms with Crippen LogP contribution in [-0.2, 0) is 6.54 Å². The van der Waals surface area contributed by atoms with Crippen molar-refractivity contribution in [3.8, 4) is 5.75 Å². The molecule has 0 bridgehead atoms. The Hall–Kier alpha value is -1.02. The minimum Gasteiger partial charge on any atom is -0.492 e. The molecule has 1 aromatic carbocycles. The molecule has 0 spiro atoms. The average Bonchev–Trinajstić information content (AvgIpc) is 2.57. The smallest absolute Gasteiger partial charge is 0.188 e. The van der Waals surface area contributed by atoms with Crippen LogP contribution in [-0.4, -0.2) is 43.6 Å². The minimum atomic E-state index is 0. The highest BCUT2D eigenvalue weighted by molar-refractivity contribution is 14.0. The Morgan fingerprint density at radius 1 is 1.20 bits per heavy atom. The van der Waals surface area contributed by atoms with E-state index in [2.05, 4.69) is 42.9 Å². The number of guanidine groups is 1. The summed E-state index contributed by atoms with van der Waals surface area (Å²) in [7, 11) is 0. The van der Waals surface area contributed by atoms with Crippen molar-refractivity contribution in [1.29, 1.82) is 0 Å². The van der Waals surface area contributed by atoms with E-state index in [-0.39, 0.29) is 24.0 Å². The van der Waals surface area contributed by atoms with E-state index in [9.17, 15) is 0 Å². The van der Waals surface area contributed by atoms with Gasteiger partial charge in [-0.1, -0.05) is 39.8 Å². The SMILES string of the molecule is CCN(CC)CCOc1ccc(CN=C(N)NCCC(C)C)cc1.I. The maximum absolute atomic E-state index is 5.87. The third-order valence-electron chi connectivity index (χ3n) is 3.95. The highest BCUT2D eigenvalue weighted by Gasteiger charge is 2.00. The van der Waals surface area contributed by atoms with Crippen LogP contribution in [0.1, 0.15) is 39.7 Å². The Morgan fingerprint density at radius 2 is 1.84 bits per heavy atom. The number of nitrogens with zero attached hydrogens (tertiary/aromatic N) is 2. The second-order valence-electron chi connectivity index (χ2n) is 6.33. The van der Waals surface area contributed by atoms with Gasteiger partial charge < -0.3 is 20.7 Å². The Labute approximate surface area is 170 Å². The van der Waals surface area contributed by atoms with Crippen LogP contribution in [0.3, 0.4) is 0 Å². The van der Waals surface area contributed by atoms with Crippen LogP contribution in [0, 0.1) is 5.92 Å². The first kappa shape index (κ1) is 24.0. The van der Waals surface area contributed by atoms with E-state index in [1.54, 1.807) is 0 Å². The number of rotatable bonds is 11. The zero-order valence-electron chi connectivity index (χ0n) is 16.1. The zero-order valence-corrected chi connectivity index (χ0v) is 18.5. The molecule has 0 aliphatic heterocycles. The van der Waals surface area contributed by atoms with E-state index in [1.807, 2.05) is 24.3 Å². The van der Waals surface area contributed by atoms with Gasteiger partial charge in [-0.3, -0.25) is 0 Å². The number of ether oxygens (including phenoxy) is 1. The zero-order chi connectivity index (χ0) is 17.8. The topological polar surface area (TPSA) is 62.9 Å². The van der Waals surface area contributed by atoms with Crippen molar-refractivity contribution in [2.45, 2.75) is 40.7 Å². The van der Waals surface area contributed by atoms with Gasteiger partial charge in [0.1, 0.15) is 12.4 Å². The lowest BCUT2D eigenvalue weighted by molar-refractivity contribution is 0.223. The number of hydrogen-bond acceptors (Lipinski definition) is 3. The molecule has 5 nitrogen and oxygen atoms in total. The third kappa shape index (κ3) is 11.3.